The molecule has 0 amide bonds. The molecule has 0 bridgehead atoms. The molecule has 0 saturated heterocycles. The van der Waals surface area contributed by atoms with Crippen molar-refractivity contribution < 1.29 is 0 Å². The number of rotatable bonds is 2. The van der Waals surface area contributed by atoms with Crippen LogP contribution in [0.1, 0.15) is 5.56 Å². The largest absolute Gasteiger partial charge is 0.321 e. The predicted octanol–water partition coefficient (Wildman–Crippen LogP) is 4.89. The highest BCUT2D eigenvalue weighted by Gasteiger charge is 2.12. The van der Waals surface area contributed by atoms with Gasteiger partial charge in [-0.05, 0) is 41.5 Å². The van der Waals surface area contributed by atoms with Gasteiger partial charge in [-0.15, -0.1) is 0 Å². The minimum Gasteiger partial charge on any atom is -0.321 e. The van der Waals surface area contributed by atoms with Gasteiger partial charge in [0.25, 0.3) is 5.56 Å². The molecular formula is C18H10Cl2N2O. The second kappa shape index (κ2) is 6.29. The lowest BCUT2D eigenvalue weighted by atomic mass is 9.99. The molecule has 0 saturated carbocycles. The van der Waals surface area contributed by atoms with Gasteiger partial charge < -0.3 is 4.98 Å². The van der Waals surface area contributed by atoms with Crippen molar-refractivity contribution in [2.75, 3.05) is 0 Å². The minimum atomic E-state index is -0.426. The molecule has 23 heavy (non-hydrogen) atoms. The van der Waals surface area contributed by atoms with Crippen LogP contribution in [-0.2, 0) is 0 Å². The summed E-state index contributed by atoms with van der Waals surface area (Å²) >= 11 is 11.8. The maximum Gasteiger partial charge on any atom is 0.266 e. The summed E-state index contributed by atoms with van der Waals surface area (Å²) < 4.78 is 0. The molecule has 5 heteroatoms. The Morgan fingerprint density at radius 1 is 0.870 bits per heavy atom. The number of nitriles is 1. The van der Waals surface area contributed by atoms with Crippen molar-refractivity contribution in [3.63, 3.8) is 0 Å². The summed E-state index contributed by atoms with van der Waals surface area (Å²) in [6.45, 7) is 0. The van der Waals surface area contributed by atoms with Crippen molar-refractivity contribution in [3.8, 4) is 28.5 Å². The first-order valence-electron chi connectivity index (χ1n) is 6.78. The van der Waals surface area contributed by atoms with Crippen LogP contribution < -0.4 is 5.56 Å². The zero-order chi connectivity index (χ0) is 16.4. The number of H-pyrrole nitrogens is 1. The van der Waals surface area contributed by atoms with Crippen LogP contribution in [0.4, 0.5) is 0 Å². The number of nitrogens with one attached hydrogen (secondary N) is 1. The van der Waals surface area contributed by atoms with Gasteiger partial charge in [-0.1, -0.05) is 47.5 Å². The molecule has 1 aromatic heterocycles. The van der Waals surface area contributed by atoms with Gasteiger partial charge in [0, 0.05) is 21.3 Å². The third kappa shape index (κ3) is 3.14. The molecule has 3 aromatic rings. The van der Waals surface area contributed by atoms with Crippen LogP contribution in [0, 0.1) is 11.3 Å². The van der Waals surface area contributed by atoms with Crippen LogP contribution in [0.25, 0.3) is 22.4 Å². The molecule has 1 N–H and O–H groups in total. The normalized spacial score (nSPS) is 10.3. The van der Waals surface area contributed by atoms with E-state index in [2.05, 4.69) is 4.98 Å². The third-order valence-electron chi connectivity index (χ3n) is 3.46. The van der Waals surface area contributed by atoms with Crippen molar-refractivity contribution in [2.45, 2.75) is 0 Å². The lowest BCUT2D eigenvalue weighted by Gasteiger charge is -2.08. The van der Waals surface area contributed by atoms with Crippen LogP contribution in [0.15, 0.2) is 59.4 Å². The molecule has 0 aliphatic rings. The Labute approximate surface area is 142 Å². The summed E-state index contributed by atoms with van der Waals surface area (Å²) in [6, 6.07) is 17.9. The molecule has 0 radical (unpaired) electrons. The van der Waals surface area contributed by atoms with E-state index >= 15 is 0 Å². The number of nitrogens with zero attached hydrogens (tertiary/aromatic N) is 1. The topological polar surface area (TPSA) is 56.6 Å². The molecule has 3 nitrogen and oxygen atoms in total. The van der Waals surface area contributed by atoms with Crippen molar-refractivity contribution in [1.82, 2.24) is 4.98 Å². The standard InChI is InChI=1S/C18H10Cl2N2O/c19-13-5-1-11(2-6-13)15-9-17(22-18(23)16(15)10-21)12-3-7-14(20)8-4-12/h1-9H,(H,22,23). The summed E-state index contributed by atoms with van der Waals surface area (Å²) in [5, 5.41) is 10.5. The predicted molar refractivity (Wildman–Crippen MR) is 92.7 cm³/mol. The Bertz CT molecular complexity index is 952. The van der Waals surface area contributed by atoms with E-state index in [0.717, 1.165) is 11.1 Å². The van der Waals surface area contributed by atoms with Gasteiger partial charge in [-0.2, -0.15) is 5.26 Å². The maximum atomic E-state index is 12.2. The quantitative estimate of drug-likeness (QED) is 0.722. The number of aromatic amines is 1. The lowest BCUT2D eigenvalue weighted by Crippen LogP contribution is -2.12. The first kappa shape index (κ1) is 15.4. The molecule has 0 spiro atoms. The van der Waals surface area contributed by atoms with E-state index in [1.807, 2.05) is 18.2 Å². The second-order valence-electron chi connectivity index (χ2n) is 4.93. The molecular weight excluding hydrogens is 331 g/mol. The van der Waals surface area contributed by atoms with E-state index in [9.17, 15) is 10.1 Å². The van der Waals surface area contributed by atoms with Gasteiger partial charge in [0.15, 0.2) is 0 Å². The van der Waals surface area contributed by atoms with E-state index in [1.165, 1.54) is 0 Å². The molecule has 0 aliphatic carbocycles. The third-order valence-corrected chi connectivity index (χ3v) is 3.96. The molecule has 0 unspecified atom stereocenters. The van der Waals surface area contributed by atoms with E-state index in [0.29, 0.717) is 21.3 Å². The highest BCUT2D eigenvalue weighted by atomic mass is 35.5. The van der Waals surface area contributed by atoms with Crippen molar-refractivity contribution in [2.24, 2.45) is 0 Å². The Morgan fingerprint density at radius 2 is 1.39 bits per heavy atom. The van der Waals surface area contributed by atoms with Gasteiger partial charge >= 0.3 is 0 Å². The van der Waals surface area contributed by atoms with Gasteiger partial charge in [0.05, 0.1) is 0 Å². The molecule has 3 rings (SSSR count). The molecule has 1 heterocycles. The van der Waals surface area contributed by atoms with E-state index in [1.54, 1.807) is 42.5 Å². The summed E-state index contributed by atoms with van der Waals surface area (Å²) in [5.41, 5.74) is 2.40. The summed E-state index contributed by atoms with van der Waals surface area (Å²) in [6.07, 6.45) is 0. The number of aromatic nitrogens is 1. The van der Waals surface area contributed by atoms with Gasteiger partial charge in [0.1, 0.15) is 11.6 Å². The monoisotopic (exact) mass is 340 g/mol. The molecule has 0 atom stereocenters. The molecule has 2 aromatic carbocycles. The van der Waals surface area contributed by atoms with Gasteiger partial charge in [0.2, 0.25) is 0 Å². The Kier molecular flexibility index (Phi) is 4.20. The lowest BCUT2D eigenvalue weighted by molar-refractivity contribution is 1.22. The smallest absolute Gasteiger partial charge is 0.266 e. The highest BCUT2D eigenvalue weighted by Crippen LogP contribution is 2.27. The van der Waals surface area contributed by atoms with Crippen molar-refractivity contribution in [3.05, 3.63) is 80.6 Å². The van der Waals surface area contributed by atoms with E-state index < -0.39 is 5.56 Å². The van der Waals surface area contributed by atoms with E-state index in [-0.39, 0.29) is 5.56 Å². The SMILES string of the molecule is N#Cc1c(-c2ccc(Cl)cc2)cc(-c2ccc(Cl)cc2)[nH]c1=O. The second-order valence-corrected chi connectivity index (χ2v) is 5.80. The van der Waals surface area contributed by atoms with Crippen LogP contribution in [-0.4, -0.2) is 4.98 Å². The molecule has 0 fully saturated rings. The summed E-state index contributed by atoms with van der Waals surface area (Å²) in [7, 11) is 0. The summed E-state index contributed by atoms with van der Waals surface area (Å²) in [4.78, 5) is 15.0. The minimum absolute atomic E-state index is 0.0741. The van der Waals surface area contributed by atoms with Crippen LogP contribution in [0.2, 0.25) is 10.0 Å². The highest BCUT2D eigenvalue weighted by molar-refractivity contribution is 6.30. The van der Waals surface area contributed by atoms with Gasteiger partial charge in [-0.3, -0.25) is 4.79 Å². The number of benzene rings is 2. The number of hydrogen-bond donors (Lipinski definition) is 1. The number of halogens is 2. The summed E-state index contributed by atoms with van der Waals surface area (Å²) in [5.74, 6) is 0. The zero-order valence-electron chi connectivity index (χ0n) is 11.8. The zero-order valence-corrected chi connectivity index (χ0v) is 13.3. The maximum absolute atomic E-state index is 12.2. The first-order chi connectivity index (χ1) is 11.1. The molecule has 0 aliphatic heterocycles. The Balaban J connectivity index is 2.22. The fraction of sp³-hybridized carbons (Fsp3) is 0. The van der Waals surface area contributed by atoms with Crippen LogP contribution >= 0.6 is 23.2 Å². The van der Waals surface area contributed by atoms with E-state index in [4.69, 9.17) is 23.2 Å². The fourth-order valence-corrected chi connectivity index (χ4v) is 2.56. The first-order valence-corrected chi connectivity index (χ1v) is 7.53. The van der Waals surface area contributed by atoms with Crippen LogP contribution in [0.3, 0.4) is 0 Å². The Morgan fingerprint density at radius 3 is 1.91 bits per heavy atom. The molecule has 112 valence electrons. The number of pyridine rings is 1. The average Bonchev–Trinajstić information content (AvgIpc) is 2.55. The Hall–Kier alpha value is -2.54. The fourth-order valence-electron chi connectivity index (χ4n) is 2.31. The van der Waals surface area contributed by atoms with Gasteiger partial charge in [-0.25, -0.2) is 0 Å². The van der Waals surface area contributed by atoms with Crippen molar-refractivity contribution in [1.29, 1.82) is 5.26 Å². The number of hydrogen-bond acceptors (Lipinski definition) is 2. The van der Waals surface area contributed by atoms with Crippen LogP contribution in [0.5, 0.6) is 0 Å². The average molecular weight is 341 g/mol. The van der Waals surface area contributed by atoms with Crippen molar-refractivity contribution >= 4 is 23.2 Å².